The number of aromatic nitrogens is 2. The van der Waals surface area contributed by atoms with Gasteiger partial charge < -0.3 is 14.7 Å². The second-order valence-corrected chi connectivity index (χ2v) is 6.22. The van der Waals surface area contributed by atoms with Crippen molar-refractivity contribution in [3.63, 3.8) is 0 Å². The van der Waals surface area contributed by atoms with Crippen LogP contribution in [0.15, 0.2) is 30.6 Å². The first-order valence-corrected chi connectivity index (χ1v) is 8.21. The topological polar surface area (TPSA) is 84.7 Å². The van der Waals surface area contributed by atoms with Crippen LogP contribution in [0.25, 0.3) is 0 Å². The van der Waals surface area contributed by atoms with Crippen LogP contribution in [0.1, 0.15) is 45.2 Å². The molecule has 1 amide bonds. The summed E-state index contributed by atoms with van der Waals surface area (Å²) < 4.78 is 6.98. The average Bonchev–Trinajstić information content (AvgIpc) is 3.12. The lowest BCUT2D eigenvalue weighted by Gasteiger charge is -2.32. The molecule has 1 N–H and O–H groups in total. The molecular weight excluding hydrogens is 322 g/mol. The number of aromatic carboxylic acids is 1. The molecule has 132 valence electrons. The zero-order chi connectivity index (χ0) is 18.0. The van der Waals surface area contributed by atoms with E-state index >= 15 is 0 Å². The van der Waals surface area contributed by atoms with E-state index in [0.29, 0.717) is 24.4 Å². The largest absolute Gasteiger partial charge is 0.496 e. The number of aryl methyl sites for hydroxylation is 1. The van der Waals surface area contributed by atoms with Crippen LogP contribution >= 0.6 is 0 Å². The zero-order valence-corrected chi connectivity index (χ0v) is 14.3. The molecule has 0 atom stereocenters. The van der Waals surface area contributed by atoms with E-state index in [1.807, 2.05) is 24.0 Å². The van der Waals surface area contributed by atoms with Crippen molar-refractivity contribution in [2.45, 2.75) is 25.8 Å². The molecule has 0 saturated carbocycles. The van der Waals surface area contributed by atoms with E-state index in [-0.39, 0.29) is 17.5 Å². The Balaban J connectivity index is 1.65. The summed E-state index contributed by atoms with van der Waals surface area (Å²) in [6.45, 7) is 3.16. The third-order valence-corrected chi connectivity index (χ3v) is 4.63. The maximum absolute atomic E-state index is 12.7. The lowest BCUT2D eigenvalue weighted by atomic mass is 10.0. The molecule has 7 heteroatoms. The highest BCUT2D eigenvalue weighted by Crippen LogP contribution is 2.25. The Hall–Kier alpha value is -2.83. The Kier molecular flexibility index (Phi) is 4.74. The SMILES string of the molecule is COc1cc(C(=O)N2CCC(n3cc(C(=O)O)cn3)CC2)ccc1C. The van der Waals surface area contributed by atoms with E-state index in [0.717, 1.165) is 18.4 Å². The normalized spacial score (nSPS) is 15.2. The van der Waals surface area contributed by atoms with Crippen molar-refractivity contribution in [1.82, 2.24) is 14.7 Å². The molecule has 0 spiro atoms. The molecule has 2 heterocycles. The highest BCUT2D eigenvalue weighted by Gasteiger charge is 2.25. The summed E-state index contributed by atoms with van der Waals surface area (Å²) in [6, 6.07) is 5.59. The maximum atomic E-state index is 12.7. The van der Waals surface area contributed by atoms with Gasteiger partial charge in [-0.25, -0.2) is 4.79 Å². The van der Waals surface area contributed by atoms with Gasteiger partial charge in [0, 0.05) is 24.8 Å². The number of carboxylic acid groups (broad SMARTS) is 1. The van der Waals surface area contributed by atoms with Gasteiger partial charge in [0.1, 0.15) is 5.75 Å². The minimum absolute atomic E-state index is 0.0107. The Bertz CT molecular complexity index is 791. The van der Waals surface area contributed by atoms with E-state index in [1.54, 1.807) is 24.1 Å². The van der Waals surface area contributed by atoms with Crippen LogP contribution in [0.4, 0.5) is 0 Å². The number of likely N-dealkylation sites (tertiary alicyclic amines) is 1. The fourth-order valence-corrected chi connectivity index (χ4v) is 3.12. The Morgan fingerprint density at radius 2 is 1.96 bits per heavy atom. The average molecular weight is 343 g/mol. The molecule has 25 heavy (non-hydrogen) atoms. The van der Waals surface area contributed by atoms with E-state index in [1.165, 1.54) is 6.20 Å². The number of hydrogen-bond acceptors (Lipinski definition) is 4. The van der Waals surface area contributed by atoms with Crippen LogP contribution in [0, 0.1) is 6.92 Å². The molecular formula is C18H21N3O4. The van der Waals surface area contributed by atoms with Crippen LogP contribution in [0.3, 0.4) is 0 Å². The molecule has 1 aromatic heterocycles. The number of methoxy groups -OCH3 is 1. The molecule has 1 aromatic carbocycles. The van der Waals surface area contributed by atoms with Gasteiger partial charge in [0.05, 0.1) is 24.9 Å². The van der Waals surface area contributed by atoms with E-state index in [2.05, 4.69) is 5.10 Å². The predicted octanol–water partition coefficient (Wildman–Crippen LogP) is 2.38. The first-order valence-electron chi connectivity index (χ1n) is 8.21. The summed E-state index contributed by atoms with van der Waals surface area (Å²) in [6.07, 6.45) is 4.40. The summed E-state index contributed by atoms with van der Waals surface area (Å²) in [5, 5.41) is 13.1. The third kappa shape index (κ3) is 3.50. The number of piperidine rings is 1. The van der Waals surface area contributed by atoms with Crippen molar-refractivity contribution in [2.75, 3.05) is 20.2 Å². The van der Waals surface area contributed by atoms with Crippen molar-refractivity contribution in [1.29, 1.82) is 0 Å². The van der Waals surface area contributed by atoms with Gasteiger partial charge in [-0.05, 0) is 37.5 Å². The van der Waals surface area contributed by atoms with Gasteiger partial charge in [-0.3, -0.25) is 9.48 Å². The van der Waals surface area contributed by atoms with Gasteiger partial charge in [0.25, 0.3) is 5.91 Å². The summed E-state index contributed by atoms with van der Waals surface area (Å²) in [7, 11) is 1.59. The number of carbonyl (C=O) groups is 2. The van der Waals surface area contributed by atoms with Crippen LogP contribution in [-0.4, -0.2) is 51.9 Å². The first kappa shape index (κ1) is 17.0. The Labute approximate surface area is 145 Å². The number of ether oxygens (including phenoxy) is 1. The minimum Gasteiger partial charge on any atom is -0.496 e. The molecule has 1 aliphatic heterocycles. The van der Waals surface area contributed by atoms with Gasteiger partial charge in [0.2, 0.25) is 0 Å². The molecule has 0 bridgehead atoms. The monoisotopic (exact) mass is 343 g/mol. The van der Waals surface area contributed by atoms with Gasteiger partial charge >= 0.3 is 5.97 Å². The third-order valence-electron chi connectivity index (χ3n) is 4.63. The minimum atomic E-state index is -0.979. The molecule has 0 unspecified atom stereocenters. The molecule has 1 fully saturated rings. The number of carbonyl (C=O) groups excluding carboxylic acids is 1. The lowest BCUT2D eigenvalue weighted by molar-refractivity contribution is 0.0688. The standard InChI is InChI=1S/C18H21N3O4/c1-12-3-4-13(9-16(12)25-2)17(22)20-7-5-15(6-8-20)21-11-14(10-19-21)18(23)24/h3-4,9-11,15H,5-8H2,1-2H3,(H,23,24). The van der Waals surface area contributed by atoms with Gasteiger partial charge in [-0.1, -0.05) is 6.07 Å². The second kappa shape index (κ2) is 6.96. The summed E-state index contributed by atoms with van der Waals surface area (Å²) in [4.78, 5) is 25.5. The lowest BCUT2D eigenvalue weighted by Crippen LogP contribution is -2.39. The maximum Gasteiger partial charge on any atom is 0.338 e. The highest BCUT2D eigenvalue weighted by atomic mass is 16.5. The van der Waals surface area contributed by atoms with Crippen molar-refractivity contribution in [2.24, 2.45) is 0 Å². The number of nitrogens with zero attached hydrogens (tertiary/aromatic N) is 3. The molecule has 0 aliphatic carbocycles. The van der Waals surface area contributed by atoms with Crippen LogP contribution in [0.2, 0.25) is 0 Å². The first-order chi connectivity index (χ1) is 12.0. The quantitative estimate of drug-likeness (QED) is 0.921. The van der Waals surface area contributed by atoms with Crippen molar-refractivity contribution >= 4 is 11.9 Å². The smallest absolute Gasteiger partial charge is 0.338 e. The Morgan fingerprint density at radius 1 is 1.24 bits per heavy atom. The molecule has 1 saturated heterocycles. The van der Waals surface area contributed by atoms with Crippen LogP contribution in [-0.2, 0) is 0 Å². The number of amides is 1. The number of benzene rings is 1. The number of rotatable bonds is 4. The Morgan fingerprint density at radius 3 is 2.56 bits per heavy atom. The molecule has 7 nitrogen and oxygen atoms in total. The summed E-state index contributed by atoms with van der Waals surface area (Å²) in [5.41, 5.74) is 1.80. The highest BCUT2D eigenvalue weighted by molar-refractivity contribution is 5.94. The van der Waals surface area contributed by atoms with Crippen molar-refractivity contribution in [3.05, 3.63) is 47.3 Å². The fraction of sp³-hybridized carbons (Fsp3) is 0.389. The van der Waals surface area contributed by atoms with E-state index < -0.39 is 5.97 Å². The van der Waals surface area contributed by atoms with Gasteiger partial charge in [-0.15, -0.1) is 0 Å². The van der Waals surface area contributed by atoms with Gasteiger partial charge in [0.15, 0.2) is 0 Å². The van der Waals surface area contributed by atoms with E-state index in [4.69, 9.17) is 9.84 Å². The summed E-state index contributed by atoms with van der Waals surface area (Å²) in [5.74, 6) is -0.283. The molecule has 2 aromatic rings. The van der Waals surface area contributed by atoms with Gasteiger partial charge in [-0.2, -0.15) is 5.10 Å². The fourth-order valence-electron chi connectivity index (χ4n) is 3.12. The van der Waals surface area contributed by atoms with Crippen molar-refractivity contribution in [3.8, 4) is 5.75 Å². The summed E-state index contributed by atoms with van der Waals surface area (Å²) >= 11 is 0. The molecule has 1 aliphatic rings. The predicted molar refractivity (Wildman–Crippen MR) is 91.1 cm³/mol. The van der Waals surface area contributed by atoms with E-state index in [9.17, 15) is 9.59 Å². The number of hydrogen-bond donors (Lipinski definition) is 1. The molecule has 3 rings (SSSR count). The van der Waals surface area contributed by atoms with Crippen LogP contribution in [0.5, 0.6) is 5.75 Å². The number of carboxylic acids is 1. The molecule has 0 radical (unpaired) electrons. The second-order valence-electron chi connectivity index (χ2n) is 6.22. The van der Waals surface area contributed by atoms with Crippen molar-refractivity contribution < 1.29 is 19.4 Å². The van der Waals surface area contributed by atoms with Crippen LogP contribution < -0.4 is 4.74 Å². The zero-order valence-electron chi connectivity index (χ0n) is 14.3.